The van der Waals surface area contributed by atoms with Crippen LogP contribution >= 0.6 is 0 Å². The summed E-state index contributed by atoms with van der Waals surface area (Å²) in [6, 6.07) is 15.6. The van der Waals surface area contributed by atoms with E-state index in [1.807, 2.05) is 25.1 Å². The Balaban J connectivity index is 1.47. The molecule has 0 saturated heterocycles. The molecule has 0 fully saturated rings. The smallest absolute Gasteiger partial charge is 0.260 e. The van der Waals surface area contributed by atoms with Crippen molar-refractivity contribution in [2.75, 3.05) is 6.79 Å². The van der Waals surface area contributed by atoms with Crippen LogP contribution in [0.2, 0.25) is 0 Å². The highest BCUT2D eigenvalue weighted by molar-refractivity contribution is 5.81. The molecule has 0 saturated carbocycles. The van der Waals surface area contributed by atoms with Crippen molar-refractivity contribution in [3.63, 3.8) is 0 Å². The number of hydrogen-bond acceptors (Lipinski definition) is 4. The molecule has 5 heteroatoms. The molecule has 0 spiro atoms. The fourth-order valence-corrected chi connectivity index (χ4v) is 2.67. The highest BCUT2D eigenvalue weighted by Crippen LogP contribution is 2.35. The zero-order chi connectivity index (χ0) is 17.6. The van der Waals surface area contributed by atoms with E-state index < -0.39 is 6.10 Å². The van der Waals surface area contributed by atoms with Gasteiger partial charge in [0.25, 0.3) is 5.91 Å². The van der Waals surface area contributed by atoms with Crippen molar-refractivity contribution in [1.82, 2.24) is 5.32 Å². The normalized spacial score (nSPS) is 14.6. The van der Waals surface area contributed by atoms with Crippen LogP contribution in [0.25, 0.3) is 0 Å². The first-order valence-corrected chi connectivity index (χ1v) is 8.52. The molecule has 2 atom stereocenters. The number of aryl methyl sites for hydroxylation is 1. The van der Waals surface area contributed by atoms with Crippen molar-refractivity contribution in [2.45, 2.75) is 38.8 Å². The zero-order valence-corrected chi connectivity index (χ0v) is 14.5. The van der Waals surface area contributed by atoms with Gasteiger partial charge >= 0.3 is 0 Å². The van der Waals surface area contributed by atoms with Crippen LogP contribution in [-0.4, -0.2) is 24.8 Å². The molecule has 1 N–H and O–H groups in total. The van der Waals surface area contributed by atoms with Crippen molar-refractivity contribution in [2.24, 2.45) is 0 Å². The summed E-state index contributed by atoms with van der Waals surface area (Å²) in [7, 11) is 0. The van der Waals surface area contributed by atoms with Gasteiger partial charge in [0.2, 0.25) is 6.79 Å². The van der Waals surface area contributed by atoms with Gasteiger partial charge in [0.1, 0.15) is 5.75 Å². The molecule has 0 bridgehead atoms. The number of rotatable bonds is 7. The van der Waals surface area contributed by atoms with Gasteiger partial charge in [0.15, 0.2) is 17.6 Å². The third kappa shape index (κ3) is 4.66. The van der Waals surface area contributed by atoms with Gasteiger partial charge < -0.3 is 19.5 Å². The number of fused-ring (bicyclic) bond motifs is 1. The maximum Gasteiger partial charge on any atom is 0.260 e. The lowest BCUT2D eigenvalue weighted by Gasteiger charge is -2.19. The lowest BCUT2D eigenvalue weighted by atomic mass is 10.1. The van der Waals surface area contributed by atoms with E-state index in [9.17, 15) is 4.79 Å². The molecule has 2 aromatic carbocycles. The minimum atomic E-state index is -0.584. The van der Waals surface area contributed by atoms with Crippen molar-refractivity contribution < 1.29 is 19.0 Å². The van der Waals surface area contributed by atoms with Crippen LogP contribution in [0.5, 0.6) is 17.2 Å². The predicted octanol–water partition coefficient (Wildman–Crippen LogP) is 3.32. The Morgan fingerprint density at radius 1 is 1.12 bits per heavy atom. The van der Waals surface area contributed by atoms with Gasteiger partial charge in [-0.05, 0) is 44.4 Å². The van der Waals surface area contributed by atoms with Crippen molar-refractivity contribution in [1.29, 1.82) is 0 Å². The molecule has 0 aromatic heterocycles. The molecule has 1 aliphatic rings. The Morgan fingerprint density at radius 3 is 2.68 bits per heavy atom. The molecule has 5 nitrogen and oxygen atoms in total. The molecule has 132 valence electrons. The largest absolute Gasteiger partial charge is 0.481 e. The molecule has 1 heterocycles. The Hall–Kier alpha value is -2.69. The minimum Gasteiger partial charge on any atom is -0.481 e. The number of hydrogen-bond donors (Lipinski definition) is 1. The summed E-state index contributed by atoms with van der Waals surface area (Å²) in [5.74, 6) is 1.79. The summed E-state index contributed by atoms with van der Waals surface area (Å²) < 4.78 is 16.3. The maximum absolute atomic E-state index is 12.3. The van der Waals surface area contributed by atoms with Crippen LogP contribution in [0, 0.1) is 0 Å². The van der Waals surface area contributed by atoms with E-state index in [1.165, 1.54) is 5.56 Å². The van der Waals surface area contributed by atoms with Gasteiger partial charge in [-0.3, -0.25) is 4.79 Å². The molecule has 1 amide bonds. The lowest BCUT2D eigenvalue weighted by Crippen LogP contribution is -2.41. The predicted molar refractivity (Wildman–Crippen MR) is 95.0 cm³/mol. The number of ether oxygens (including phenoxy) is 3. The summed E-state index contributed by atoms with van der Waals surface area (Å²) in [4.78, 5) is 12.3. The summed E-state index contributed by atoms with van der Waals surface area (Å²) >= 11 is 0. The van der Waals surface area contributed by atoms with Crippen molar-refractivity contribution >= 4 is 5.91 Å². The third-order valence-corrected chi connectivity index (χ3v) is 4.12. The van der Waals surface area contributed by atoms with Gasteiger partial charge in [-0.15, -0.1) is 0 Å². The second kappa shape index (κ2) is 7.92. The van der Waals surface area contributed by atoms with E-state index in [0.717, 1.165) is 12.8 Å². The average Bonchev–Trinajstić information content (AvgIpc) is 3.08. The van der Waals surface area contributed by atoms with E-state index in [-0.39, 0.29) is 18.7 Å². The fraction of sp³-hybridized carbons (Fsp3) is 0.350. The second-order valence-corrected chi connectivity index (χ2v) is 6.21. The summed E-state index contributed by atoms with van der Waals surface area (Å²) in [6.07, 6.45) is 1.23. The first-order valence-electron chi connectivity index (χ1n) is 8.52. The summed E-state index contributed by atoms with van der Waals surface area (Å²) in [6.45, 7) is 3.96. The molecule has 2 unspecified atom stereocenters. The van der Waals surface area contributed by atoms with E-state index in [2.05, 4.69) is 17.4 Å². The second-order valence-electron chi connectivity index (χ2n) is 6.21. The summed E-state index contributed by atoms with van der Waals surface area (Å²) in [5, 5.41) is 3.00. The van der Waals surface area contributed by atoms with Crippen LogP contribution < -0.4 is 19.5 Å². The maximum atomic E-state index is 12.3. The average molecular weight is 341 g/mol. The Bertz CT molecular complexity index is 717. The number of carbonyl (C=O) groups excluding carboxylic acids is 1. The molecule has 3 rings (SSSR count). The molecule has 0 radical (unpaired) electrons. The number of carbonyl (C=O) groups is 1. The van der Waals surface area contributed by atoms with Gasteiger partial charge in [-0.2, -0.15) is 0 Å². The van der Waals surface area contributed by atoms with E-state index >= 15 is 0 Å². The number of amides is 1. The quantitative estimate of drug-likeness (QED) is 0.839. The Morgan fingerprint density at radius 2 is 1.88 bits per heavy atom. The van der Waals surface area contributed by atoms with Gasteiger partial charge in [0.05, 0.1) is 0 Å². The van der Waals surface area contributed by atoms with Crippen molar-refractivity contribution in [3.8, 4) is 17.2 Å². The highest BCUT2D eigenvalue weighted by Gasteiger charge is 2.19. The first kappa shape index (κ1) is 17.1. The molecular weight excluding hydrogens is 318 g/mol. The van der Waals surface area contributed by atoms with Crippen LogP contribution in [0.1, 0.15) is 25.8 Å². The first-order chi connectivity index (χ1) is 12.1. The highest BCUT2D eigenvalue weighted by atomic mass is 16.7. The fourth-order valence-electron chi connectivity index (χ4n) is 2.67. The zero-order valence-electron chi connectivity index (χ0n) is 14.5. The van der Waals surface area contributed by atoms with Gasteiger partial charge in [0, 0.05) is 12.1 Å². The van der Waals surface area contributed by atoms with Crippen LogP contribution in [0.15, 0.2) is 48.5 Å². The van der Waals surface area contributed by atoms with Crippen LogP contribution in [0.4, 0.5) is 0 Å². The third-order valence-electron chi connectivity index (χ3n) is 4.12. The molecular formula is C20H23NO4. The van der Waals surface area contributed by atoms with E-state index in [4.69, 9.17) is 14.2 Å². The molecule has 0 aliphatic carbocycles. The van der Waals surface area contributed by atoms with Gasteiger partial charge in [-0.25, -0.2) is 0 Å². The topological polar surface area (TPSA) is 56.8 Å². The minimum absolute atomic E-state index is 0.0792. The lowest BCUT2D eigenvalue weighted by molar-refractivity contribution is -0.127. The van der Waals surface area contributed by atoms with Crippen LogP contribution in [0.3, 0.4) is 0 Å². The molecule has 25 heavy (non-hydrogen) atoms. The summed E-state index contributed by atoms with van der Waals surface area (Å²) in [5.41, 5.74) is 1.27. The number of benzene rings is 2. The van der Waals surface area contributed by atoms with E-state index in [1.54, 1.807) is 25.1 Å². The Labute approximate surface area is 147 Å². The Kier molecular flexibility index (Phi) is 5.43. The number of nitrogens with one attached hydrogen (secondary N) is 1. The van der Waals surface area contributed by atoms with E-state index in [0.29, 0.717) is 17.2 Å². The molecule has 2 aromatic rings. The SMILES string of the molecule is CC(CCc1ccccc1)NC(=O)C(C)Oc1ccc2c(c1)OCO2. The molecule has 1 aliphatic heterocycles. The van der Waals surface area contributed by atoms with Crippen molar-refractivity contribution in [3.05, 3.63) is 54.1 Å². The standard InChI is InChI=1S/C20H23NO4/c1-14(8-9-16-6-4-3-5-7-16)21-20(22)15(2)25-17-10-11-18-19(12-17)24-13-23-18/h3-7,10-12,14-15H,8-9,13H2,1-2H3,(H,21,22). The monoisotopic (exact) mass is 341 g/mol. The van der Waals surface area contributed by atoms with Gasteiger partial charge in [-0.1, -0.05) is 30.3 Å². The van der Waals surface area contributed by atoms with Crippen LogP contribution in [-0.2, 0) is 11.2 Å².